The molecule has 0 unspecified atom stereocenters. The van der Waals surface area contributed by atoms with Gasteiger partial charge in [-0.3, -0.25) is 20.4 Å². The maximum Gasteiger partial charge on any atom is 0.276 e. The topological polar surface area (TPSA) is 76.7 Å². The van der Waals surface area contributed by atoms with Crippen LogP contribution in [-0.4, -0.2) is 25.5 Å². The summed E-state index contributed by atoms with van der Waals surface area (Å²) >= 11 is 0. The lowest BCUT2D eigenvalue weighted by molar-refractivity contribution is -0.128. The third-order valence-corrected chi connectivity index (χ3v) is 3.98. The van der Waals surface area contributed by atoms with Crippen molar-refractivity contribution in [2.24, 2.45) is 0 Å². The van der Waals surface area contributed by atoms with Crippen molar-refractivity contribution in [1.82, 2.24) is 10.9 Å². The molecule has 142 valence electrons. The first-order valence-corrected chi connectivity index (χ1v) is 8.67. The van der Waals surface area contributed by atoms with Gasteiger partial charge in [0.2, 0.25) is 0 Å². The zero-order chi connectivity index (χ0) is 19.8. The monoisotopic (exact) mass is 376 g/mol. The molecule has 6 heteroatoms. The molecule has 0 atom stereocenters. The van der Waals surface area contributed by atoms with Gasteiger partial charge in [-0.15, -0.1) is 0 Å². The lowest BCUT2D eigenvalue weighted by Gasteiger charge is -2.09. The molecule has 3 aromatic rings. The molecule has 2 N–H and O–H groups in total. The third-order valence-electron chi connectivity index (χ3n) is 3.98. The van der Waals surface area contributed by atoms with Crippen molar-refractivity contribution in [3.05, 3.63) is 78.4 Å². The van der Waals surface area contributed by atoms with Crippen LogP contribution >= 0.6 is 0 Å². The van der Waals surface area contributed by atoms with Crippen LogP contribution in [-0.2, 0) is 9.59 Å². The van der Waals surface area contributed by atoms with E-state index in [1.807, 2.05) is 48.5 Å². The van der Waals surface area contributed by atoms with Crippen LogP contribution in [0.25, 0.3) is 16.8 Å². The number of nitrogens with one attached hydrogen (secondary N) is 2. The lowest BCUT2D eigenvalue weighted by Crippen LogP contribution is -2.43. The van der Waals surface area contributed by atoms with Gasteiger partial charge in [0.05, 0.1) is 7.11 Å². The standard InChI is InChI=1S/C22H20N2O4/c1-27-18-12-9-16(10-13-18)11-14-21(25)23-24-22(26)15-28-20-8-4-6-17-5-2-3-7-19(17)20/h2-14H,15H2,1H3,(H,23,25)(H,24,26)/b14-11+. The summed E-state index contributed by atoms with van der Waals surface area (Å²) in [7, 11) is 1.59. The van der Waals surface area contributed by atoms with Crippen molar-refractivity contribution in [2.45, 2.75) is 0 Å². The molecule has 0 radical (unpaired) electrons. The zero-order valence-corrected chi connectivity index (χ0v) is 15.3. The van der Waals surface area contributed by atoms with Crippen molar-refractivity contribution in [3.63, 3.8) is 0 Å². The molecule has 0 heterocycles. The third kappa shape index (κ3) is 5.11. The molecule has 0 aromatic heterocycles. The van der Waals surface area contributed by atoms with E-state index < -0.39 is 11.8 Å². The van der Waals surface area contributed by atoms with E-state index in [0.29, 0.717) is 5.75 Å². The summed E-state index contributed by atoms with van der Waals surface area (Å²) in [4.78, 5) is 23.7. The molecule has 0 aliphatic rings. The molecule has 3 aromatic carbocycles. The Kier molecular flexibility index (Phi) is 6.25. The summed E-state index contributed by atoms with van der Waals surface area (Å²) in [5.74, 6) is 0.437. The van der Waals surface area contributed by atoms with Crippen LogP contribution in [0.15, 0.2) is 72.8 Å². The number of amides is 2. The van der Waals surface area contributed by atoms with Gasteiger partial charge in [0.25, 0.3) is 11.8 Å². The Morgan fingerprint density at radius 1 is 0.929 bits per heavy atom. The van der Waals surface area contributed by atoms with Gasteiger partial charge in [-0.05, 0) is 35.2 Å². The normalized spacial score (nSPS) is 10.6. The summed E-state index contributed by atoms with van der Waals surface area (Å²) in [6.45, 7) is -0.212. The van der Waals surface area contributed by atoms with Gasteiger partial charge in [0, 0.05) is 11.5 Å². The quantitative estimate of drug-likeness (QED) is 0.512. The van der Waals surface area contributed by atoms with E-state index in [1.165, 1.54) is 6.08 Å². The van der Waals surface area contributed by atoms with E-state index in [0.717, 1.165) is 22.1 Å². The van der Waals surface area contributed by atoms with Crippen molar-refractivity contribution in [1.29, 1.82) is 0 Å². The molecule has 2 amide bonds. The molecule has 28 heavy (non-hydrogen) atoms. The highest BCUT2D eigenvalue weighted by Crippen LogP contribution is 2.24. The van der Waals surface area contributed by atoms with E-state index in [-0.39, 0.29) is 6.61 Å². The SMILES string of the molecule is COc1ccc(/C=C/C(=O)NNC(=O)COc2cccc3ccccc23)cc1. The number of hydrazine groups is 1. The van der Waals surface area contributed by atoms with E-state index in [2.05, 4.69) is 10.9 Å². The predicted octanol–water partition coefficient (Wildman–Crippen LogP) is 3.09. The Bertz CT molecular complexity index is 992. The number of methoxy groups -OCH3 is 1. The van der Waals surface area contributed by atoms with Gasteiger partial charge >= 0.3 is 0 Å². The molecule has 0 aliphatic heterocycles. The highest BCUT2D eigenvalue weighted by Gasteiger charge is 2.06. The largest absolute Gasteiger partial charge is 0.497 e. The first kappa shape index (κ1) is 19.0. The van der Waals surface area contributed by atoms with Crippen LogP contribution in [0.2, 0.25) is 0 Å². The highest BCUT2D eigenvalue weighted by atomic mass is 16.5. The number of carbonyl (C=O) groups excluding carboxylic acids is 2. The van der Waals surface area contributed by atoms with Crippen molar-refractivity contribution in [3.8, 4) is 11.5 Å². The number of ether oxygens (including phenoxy) is 2. The van der Waals surface area contributed by atoms with Gasteiger partial charge in [-0.2, -0.15) is 0 Å². The summed E-state index contributed by atoms with van der Waals surface area (Å²) < 4.78 is 10.6. The number of hydrogen-bond acceptors (Lipinski definition) is 4. The van der Waals surface area contributed by atoms with Crippen molar-refractivity contribution >= 4 is 28.7 Å². The molecule has 0 fully saturated rings. The second-order valence-corrected chi connectivity index (χ2v) is 5.91. The van der Waals surface area contributed by atoms with Crippen LogP contribution < -0.4 is 20.3 Å². The summed E-state index contributed by atoms with van der Waals surface area (Å²) in [5, 5.41) is 1.95. The Balaban J connectivity index is 1.47. The fourth-order valence-electron chi connectivity index (χ4n) is 2.56. The zero-order valence-electron chi connectivity index (χ0n) is 15.3. The number of fused-ring (bicyclic) bond motifs is 1. The lowest BCUT2D eigenvalue weighted by atomic mass is 10.1. The molecule has 0 saturated carbocycles. The second-order valence-electron chi connectivity index (χ2n) is 5.91. The fourth-order valence-corrected chi connectivity index (χ4v) is 2.56. The van der Waals surface area contributed by atoms with E-state index in [4.69, 9.17) is 9.47 Å². The first-order chi connectivity index (χ1) is 13.7. The maximum atomic E-state index is 11.9. The Morgan fingerprint density at radius 3 is 2.46 bits per heavy atom. The fraction of sp³-hybridized carbons (Fsp3) is 0.0909. The van der Waals surface area contributed by atoms with Crippen LogP contribution in [0.1, 0.15) is 5.56 Å². The minimum atomic E-state index is -0.459. The van der Waals surface area contributed by atoms with Crippen molar-refractivity contribution in [2.75, 3.05) is 13.7 Å². The molecular formula is C22H20N2O4. The van der Waals surface area contributed by atoms with Gasteiger partial charge in [-0.1, -0.05) is 48.5 Å². The molecule has 0 aliphatic carbocycles. The summed E-state index contributed by atoms with van der Waals surface area (Å²) in [6.07, 6.45) is 2.96. The number of hydrogen-bond donors (Lipinski definition) is 2. The van der Waals surface area contributed by atoms with E-state index in [1.54, 1.807) is 31.4 Å². The van der Waals surface area contributed by atoms with Gasteiger partial charge in [-0.25, -0.2) is 0 Å². The van der Waals surface area contributed by atoms with Gasteiger partial charge < -0.3 is 9.47 Å². The minimum Gasteiger partial charge on any atom is -0.497 e. The predicted molar refractivity (Wildman–Crippen MR) is 108 cm³/mol. The van der Waals surface area contributed by atoms with Crippen LogP contribution in [0.4, 0.5) is 0 Å². The maximum absolute atomic E-state index is 11.9. The summed E-state index contributed by atoms with van der Waals surface area (Å²) in [5.41, 5.74) is 5.47. The van der Waals surface area contributed by atoms with Crippen LogP contribution in [0.5, 0.6) is 11.5 Å². The number of benzene rings is 3. The van der Waals surface area contributed by atoms with Crippen LogP contribution in [0, 0.1) is 0 Å². The highest BCUT2D eigenvalue weighted by molar-refractivity contribution is 5.93. The molecule has 3 rings (SSSR count). The Morgan fingerprint density at radius 2 is 1.68 bits per heavy atom. The van der Waals surface area contributed by atoms with Gasteiger partial charge in [0.15, 0.2) is 6.61 Å². The molecule has 6 nitrogen and oxygen atoms in total. The smallest absolute Gasteiger partial charge is 0.276 e. The molecule has 0 bridgehead atoms. The Hall–Kier alpha value is -3.80. The Labute approximate surface area is 162 Å². The van der Waals surface area contributed by atoms with Gasteiger partial charge in [0.1, 0.15) is 11.5 Å². The molecule has 0 saturated heterocycles. The molecule has 0 spiro atoms. The van der Waals surface area contributed by atoms with Crippen molar-refractivity contribution < 1.29 is 19.1 Å². The average molecular weight is 376 g/mol. The number of carbonyl (C=O) groups is 2. The summed E-state index contributed by atoms with van der Waals surface area (Å²) in [6, 6.07) is 20.6. The van der Waals surface area contributed by atoms with E-state index >= 15 is 0 Å². The minimum absolute atomic E-state index is 0.212. The number of rotatable bonds is 6. The van der Waals surface area contributed by atoms with E-state index in [9.17, 15) is 9.59 Å². The van der Waals surface area contributed by atoms with Crippen LogP contribution in [0.3, 0.4) is 0 Å². The molecular weight excluding hydrogens is 356 g/mol. The average Bonchev–Trinajstić information content (AvgIpc) is 2.75. The second kappa shape index (κ2) is 9.23. The first-order valence-electron chi connectivity index (χ1n) is 8.67.